The molecule has 0 radical (unpaired) electrons. The van der Waals surface area contributed by atoms with Gasteiger partial charge in [0, 0.05) is 10.9 Å². The van der Waals surface area contributed by atoms with E-state index in [9.17, 15) is 23.1 Å². The molecule has 134 valence electrons. The molecule has 10 heteroatoms. The van der Waals surface area contributed by atoms with Gasteiger partial charge in [-0.3, -0.25) is 4.79 Å². The zero-order chi connectivity index (χ0) is 18.0. The van der Waals surface area contributed by atoms with Crippen molar-refractivity contribution in [3.63, 3.8) is 0 Å². The number of amidine groups is 1. The average Bonchev–Trinajstić information content (AvgIpc) is 2.98. The van der Waals surface area contributed by atoms with E-state index in [1.54, 1.807) is 4.90 Å². The van der Waals surface area contributed by atoms with Crippen molar-refractivity contribution >= 4 is 44.3 Å². The number of ether oxygens (including phenoxy) is 1. The normalized spacial score (nSPS) is 25.9. The Kier molecular flexibility index (Phi) is 5.11. The first-order chi connectivity index (χ1) is 11.9. The lowest BCUT2D eigenvalue weighted by Crippen LogP contribution is -2.37. The quantitative estimate of drug-likeness (QED) is 0.639. The lowest BCUT2D eigenvalue weighted by Gasteiger charge is -2.24. The Morgan fingerprint density at radius 2 is 1.96 bits per heavy atom. The maximum atomic E-state index is 11.9. The second-order valence-corrected chi connectivity index (χ2v) is 9.02. The molecular formula is C15H15N2O6S2-. The summed E-state index contributed by atoms with van der Waals surface area (Å²) in [5.41, 5.74) is 0.752. The standard InChI is InChI=1S/C15H16N2O6S2/c18-13(6-23-7-14(19)20)16-15-17(10-4-2-1-3-5-10)11-8-25(21,22)9-12(11)24-15/h1-5,11-12H,6-9H2,(H,19,20)/p-1/t11-,12-/m1/s1. The van der Waals surface area contributed by atoms with Gasteiger partial charge in [-0.2, -0.15) is 4.99 Å². The van der Waals surface area contributed by atoms with E-state index in [4.69, 9.17) is 4.74 Å². The van der Waals surface area contributed by atoms with Gasteiger partial charge in [-0.25, -0.2) is 8.42 Å². The lowest BCUT2D eigenvalue weighted by atomic mass is 10.2. The van der Waals surface area contributed by atoms with E-state index in [1.165, 1.54) is 11.8 Å². The monoisotopic (exact) mass is 383 g/mol. The Hall–Kier alpha value is -1.91. The van der Waals surface area contributed by atoms with Crippen molar-refractivity contribution in [1.29, 1.82) is 0 Å². The van der Waals surface area contributed by atoms with Crippen LogP contribution in [0.15, 0.2) is 35.3 Å². The van der Waals surface area contributed by atoms with Gasteiger partial charge in [0.25, 0.3) is 5.91 Å². The van der Waals surface area contributed by atoms with Crippen LogP contribution in [0.5, 0.6) is 0 Å². The van der Waals surface area contributed by atoms with Gasteiger partial charge in [0.05, 0.1) is 30.1 Å². The molecule has 2 fully saturated rings. The zero-order valence-corrected chi connectivity index (χ0v) is 14.7. The third-order valence-electron chi connectivity index (χ3n) is 3.77. The maximum absolute atomic E-state index is 11.9. The molecule has 0 aliphatic carbocycles. The first kappa shape index (κ1) is 17.9. The molecule has 2 aliphatic rings. The molecule has 8 nitrogen and oxygen atoms in total. The molecule has 25 heavy (non-hydrogen) atoms. The predicted molar refractivity (Wildman–Crippen MR) is 91.0 cm³/mol. The molecule has 1 aromatic carbocycles. The Morgan fingerprint density at radius 1 is 1.24 bits per heavy atom. The van der Waals surface area contributed by atoms with Crippen LogP contribution in [-0.2, 0) is 24.2 Å². The lowest BCUT2D eigenvalue weighted by molar-refractivity contribution is -0.309. The average molecular weight is 383 g/mol. The Bertz CT molecular complexity index is 809. The number of benzene rings is 1. The Labute approximate surface area is 148 Å². The van der Waals surface area contributed by atoms with Gasteiger partial charge in [0.15, 0.2) is 15.0 Å². The van der Waals surface area contributed by atoms with Gasteiger partial charge < -0.3 is 19.5 Å². The number of thioether (sulfide) groups is 1. The smallest absolute Gasteiger partial charge is 0.274 e. The molecule has 1 aromatic rings. The third kappa shape index (κ3) is 4.20. The van der Waals surface area contributed by atoms with Crippen LogP contribution in [-0.4, -0.2) is 61.5 Å². The summed E-state index contributed by atoms with van der Waals surface area (Å²) in [6.45, 7) is -1.16. The first-order valence-corrected chi connectivity index (χ1v) is 10.2. The number of sulfone groups is 1. The summed E-state index contributed by atoms with van der Waals surface area (Å²) >= 11 is 1.25. The molecule has 2 aliphatic heterocycles. The number of hydrogen-bond donors (Lipinski definition) is 0. The summed E-state index contributed by atoms with van der Waals surface area (Å²) in [6, 6.07) is 8.83. The number of para-hydroxylation sites is 1. The number of amides is 1. The highest BCUT2D eigenvalue weighted by atomic mass is 32.2. The molecule has 0 N–H and O–H groups in total. The van der Waals surface area contributed by atoms with Crippen LogP contribution >= 0.6 is 11.8 Å². The Morgan fingerprint density at radius 3 is 2.64 bits per heavy atom. The molecule has 0 spiro atoms. The van der Waals surface area contributed by atoms with Crippen molar-refractivity contribution in [3.8, 4) is 0 Å². The number of carboxylic acid groups (broad SMARTS) is 1. The summed E-state index contributed by atoms with van der Waals surface area (Å²) in [7, 11) is -3.12. The van der Waals surface area contributed by atoms with Gasteiger partial charge in [0.1, 0.15) is 6.61 Å². The minimum absolute atomic E-state index is 0.00789. The number of fused-ring (bicyclic) bond motifs is 1. The summed E-state index contributed by atoms with van der Waals surface area (Å²) in [4.78, 5) is 28.0. The second-order valence-electron chi connectivity index (χ2n) is 5.66. The number of aliphatic carboxylic acids is 1. The molecule has 2 heterocycles. The van der Waals surface area contributed by atoms with Crippen molar-refractivity contribution < 1.29 is 27.9 Å². The van der Waals surface area contributed by atoms with Crippen LogP contribution in [0.25, 0.3) is 0 Å². The van der Waals surface area contributed by atoms with Gasteiger partial charge in [0.2, 0.25) is 0 Å². The van der Waals surface area contributed by atoms with Crippen LogP contribution < -0.4 is 10.0 Å². The van der Waals surface area contributed by atoms with E-state index < -0.39 is 34.9 Å². The van der Waals surface area contributed by atoms with Gasteiger partial charge in [-0.05, 0) is 12.1 Å². The van der Waals surface area contributed by atoms with E-state index in [0.29, 0.717) is 5.17 Å². The number of carbonyl (C=O) groups excluding carboxylic acids is 2. The number of nitrogens with zero attached hydrogens (tertiary/aromatic N) is 2. The molecule has 2 saturated heterocycles. The molecule has 0 saturated carbocycles. The number of carbonyl (C=O) groups is 2. The summed E-state index contributed by atoms with van der Waals surface area (Å²) < 4.78 is 28.5. The van der Waals surface area contributed by atoms with Crippen LogP contribution in [0, 0.1) is 0 Å². The fraction of sp³-hybridized carbons (Fsp3) is 0.400. The number of aliphatic imine (C=N–C) groups is 1. The maximum Gasteiger partial charge on any atom is 0.274 e. The van der Waals surface area contributed by atoms with Gasteiger partial charge in [-0.1, -0.05) is 30.0 Å². The van der Waals surface area contributed by atoms with Crippen molar-refractivity contribution in [2.24, 2.45) is 4.99 Å². The van der Waals surface area contributed by atoms with E-state index in [-0.39, 0.29) is 22.8 Å². The minimum atomic E-state index is -3.12. The van der Waals surface area contributed by atoms with Crippen LogP contribution in [0.2, 0.25) is 0 Å². The summed E-state index contributed by atoms with van der Waals surface area (Å²) in [5, 5.41) is 10.5. The molecular weight excluding hydrogens is 368 g/mol. The highest BCUT2D eigenvalue weighted by Gasteiger charge is 2.49. The SMILES string of the molecule is O=C([O-])COCC(=O)N=C1S[C@@H]2CS(=O)(=O)C[C@H]2N1c1ccccc1. The van der Waals surface area contributed by atoms with E-state index >= 15 is 0 Å². The first-order valence-electron chi connectivity index (χ1n) is 7.46. The van der Waals surface area contributed by atoms with Crippen LogP contribution in [0.1, 0.15) is 0 Å². The Balaban J connectivity index is 1.82. The molecule has 0 unspecified atom stereocenters. The second kappa shape index (κ2) is 7.14. The highest BCUT2D eigenvalue weighted by Crippen LogP contribution is 2.40. The summed E-state index contributed by atoms with van der Waals surface area (Å²) in [5.74, 6) is -2.00. The number of carboxylic acids is 1. The van der Waals surface area contributed by atoms with Gasteiger partial charge >= 0.3 is 0 Å². The molecule has 0 aromatic heterocycles. The van der Waals surface area contributed by atoms with Crippen LogP contribution in [0.4, 0.5) is 5.69 Å². The molecule has 1 amide bonds. The van der Waals surface area contributed by atoms with Crippen molar-refractivity contribution in [2.75, 3.05) is 29.6 Å². The summed E-state index contributed by atoms with van der Waals surface area (Å²) in [6.07, 6.45) is 0. The van der Waals surface area contributed by atoms with Crippen molar-refractivity contribution in [2.45, 2.75) is 11.3 Å². The molecule has 3 rings (SSSR count). The number of hydrogen-bond acceptors (Lipinski definition) is 7. The van der Waals surface area contributed by atoms with Crippen LogP contribution in [0.3, 0.4) is 0 Å². The minimum Gasteiger partial charge on any atom is -0.548 e. The van der Waals surface area contributed by atoms with Gasteiger partial charge in [-0.15, -0.1) is 0 Å². The largest absolute Gasteiger partial charge is 0.548 e. The van der Waals surface area contributed by atoms with E-state index in [1.807, 2.05) is 30.3 Å². The predicted octanol–water partition coefficient (Wildman–Crippen LogP) is -0.945. The molecule has 2 atom stereocenters. The van der Waals surface area contributed by atoms with Crippen molar-refractivity contribution in [3.05, 3.63) is 30.3 Å². The van der Waals surface area contributed by atoms with E-state index in [2.05, 4.69) is 4.99 Å². The van der Waals surface area contributed by atoms with E-state index in [0.717, 1.165) is 5.69 Å². The third-order valence-corrected chi connectivity index (χ3v) is 6.98. The number of rotatable bonds is 5. The topological polar surface area (TPSA) is 116 Å². The number of anilines is 1. The van der Waals surface area contributed by atoms with Crippen molar-refractivity contribution in [1.82, 2.24) is 0 Å². The fourth-order valence-electron chi connectivity index (χ4n) is 2.82. The fourth-order valence-corrected chi connectivity index (χ4v) is 6.75. The molecule has 0 bridgehead atoms. The highest BCUT2D eigenvalue weighted by molar-refractivity contribution is 8.16. The zero-order valence-electron chi connectivity index (χ0n) is 13.0.